The Bertz CT molecular complexity index is 564. The van der Waals surface area contributed by atoms with Gasteiger partial charge in [-0.05, 0) is 13.8 Å². The molecule has 2 heterocycles. The summed E-state index contributed by atoms with van der Waals surface area (Å²) in [6, 6.07) is 0. The molecule has 19 heavy (non-hydrogen) atoms. The number of nitrogens with zero attached hydrogens (tertiary/aromatic N) is 5. The summed E-state index contributed by atoms with van der Waals surface area (Å²) in [7, 11) is 0. The molecule has 7 heteroatoms. The molecule has 0 atom stereocenters. The van der Waals surface area contributed by atoms with Gasteiger partial charge in [-0.2, -0.15) is 4.98 Å². The van der Waals surface area contributed by atoms with Gasteiger partial charge in [-0.15, -0.1) is 0 Å². The first-order chi connectivity index (χ1) is 9.10. The molecule has 2 aromatic heterocycles. The lowest BCUT2D eigenvalue weighted by atomic mass is 10.3. The van der Waals surface area contributed by atoms with Crippen molar-refractivity contribution in [1.29, 1.82) is 0 Å². The summed E-state index contributed by atoms with van der Waals surface area (Å²) in [5.74, 6) is 0.763. The molecule has 0 N–H and O–H groups in total. The summed E-state index contributed by atoms with van der Waals surface area (Å²) < 4.78 is 4.88. The molecule has 0 radical (unpaired) electrons. The van der Waals surface area contributed by atoms with E-state index in [9.17, 15) is 4.79 Å². The Labute approximate surface area is 110 Å². The molecule has 0 aliphatic heterocycles. The molecule has 0 saturated heterocycles. The van der Waals surface area contributed by atoms with Crippen LogP contribution in [0.15, 0.2) is 16.9 Å². The van der Waals surface area contributed by atoms with E-state index in [4.69, 9.17) is 4.52 Å². The van der Waals surface area contributed by atoms with Crippen molar-refractivity contribution in [2.75, 3.05) is 6.54 Å². The molecule has 1 amide bonds. The van der Waals surface area contributed by atoms with E-state index in [1.165, 1.54) is 6.20 Å². The highest BCUT2D eigenvalue weighted by Gasteiger charge is 2.18. The quantitative estimate of drug-likeness (QED) is 0.820. The lowest BCUT2D eigenvalue weighted by Crippen LogP contribution is -2.31. The van der Waals surface area contributed by atoms with E-state index in [-0.39, 0.29) is 5.91 Å². The molecule has 0 aliphatic rings. The van der Waals surface area contributed by atoms with Gasteiger partial charge in [-0.25, -0.2) is 4.98 Å². The first-order valence-corrected chi connectivity index (χ1v) is 5.97. The van der Waals surface area contributed by atoms with Crippen LogP contribution in [-0.4, -0.2) is 37.5 Å². The van der Waals surface area contributed by atoms with Crippen LogP contribution in [0.25, 0.3) is 0 Å². The third kappa shape index (κ3) is 3.12. The van der Waals surface area contributed by atoms with E-state index in [2.05, 4.69) is 20.1 Å². The fourth-order valence-electron chi connectivity index (χ4n) is 1.57. The Morgan fingerprint density at radius 2 is 2.11 bits per heavy atom. The molecule has 0 bridgehead atoms. The van der Waals surface area contributed by atoms with Gasteiger partial charge >= 0.3 is 0 Å². The number of carbonyl (C=O) groups excluding carboxylic acids is 1. The zero-order chi connectivity index (χ0) is 13.8. The Balaban J connectivity index is 2.12. The Kier molecular flexibility index (Phi) is 3.84. The topological polar surface area (TPSA) is 85.0 Å². The van der Waals surface area contributed by atoms with Crippen LogP contribution in [-0.2, 0) is 6.54 Å². The maximum atomic E-state index is 12.2. The van der Waals surface area contributed by atoms with Gasteiger partial charge in [0.25, 0.3) is 5.91 Å². The van der Waals surface area contributed by atoms with Crippen LogP contribution < -0.4 is 0 Å². The van der Waals surface area contributed by atoms with Crippen molar-refractivity contribution in [1.82, 2.24) is 25.0 Å². The molecular weight excluding hydrogens is 246 g/mol. The number of rotatable bonds is 4. The first kappa shape index (κ1) is 13.1. The fraction of sp³-hybridized carbons (Fsp3) is 0.417. The van der Waals surface area contributed by atoms with E-state index < -0.39 is 0 Å². The lowest BCUT2D eigenvalue weighted by molar-refractivity contribution is 0.0741. The normalized spacial score (nSPS) is 10.5. The number of carbonyl (C=O) groups is 1. The number of aromatic nitrogens is 4. The highest BCUT2D eigenvalue weighted by atomic mass is 16.5. The average Bonchev–Trinajstić information content (AvgIpc) is 2.81. The SMILES string of the molecule is CCN(Cc1noc(C)n1)C(=O)c1cnc(C)cn1. The highest BCUT2D eigenvalue weighted by molar-refractivity contribution is 5.91. The Morgan fingerprint density at radius 1 is 1.32 bits per heavy atom. The predicted molar refractivity (Wildman–Crippen MR) is 66.2 cm³/mol. The van der Waals surface area contributed by atoms with E-state index in [0.29, 0.717) is 30.5 Å². The molecule has 0 aliphatic carbocycles. The second-order valence-corrected chi connectivity index (χ2v) is 4.09. The lowest BCUT2D eigenvalue weighted by Gasteiger charge is -2.18. The molecule has 0 spiro atoms. The third-order valence-corrected chi connectivity index (χ3v) is 2.57. The smallest absolute Gasteiger partial charge is 0.274 e. The average molecular weight is 261 g/mol. The second kappa shape index (κ2) is 5.55. The first-order valence-electron chi connectivity index (χ1n) is 5.97. The number of hydrogen-bond donors (Lipinski definition) is 0. The van der Waals surface area contributed by atoms with Gasteiger partial charge in [0.2, 0.25) is 5.89 Å². The van der Waals surface area contributed by atoms with E-state index >= 15 is 0 Å². The van der Waals surface area contributed by atoms with Crippen molar-refractivity contribution >= 4 is 5.91 Å². The van der Waals surface area contributed by atoms with Gasteiger partial charge in [0, 0.05) is 19.7 Å². The standard InChI is InChI=1S/C12H15N5O2/c1-4-17(7-11-15-9(3)19-16-11)12(18)10-6-13-8(2)5-14-10/h5-6H,4,7H2,1-3H3. The summed E-state index contributed by atoms with van der Waals surface area (Å²) in [5, 5.41) is 3.78. The molecule has 0 saturated carbocycles. The van der Waals surface area contributed by atoms with Gasteiger partial charge in [0.1, 0.15) is 5.69 Å². The maximum absolute atomic E-state index is 12.2. The minimum Gasteiger partial charge on any atom is -0.340 e. The molecule has 2 aromatic rings. The third-order valence-electron chi connectivity index (χ3n) is 2.57. The fourth-order valence-corrected chi connectivity index (χ4v) is 1.57. The monoisotopic (exact) mass is 261 g/mol. The Morgan fingerprint density at radius 3 is 2.63 bits per heavy atom. The zero-order valence-corrected chi connectivity index (χ0v) is 11.1. The van der Waals surface area contributed by atoms with Crippen molar-refractivity contribution in [3.8, 4) is 0 Å². The Hall–Kier alpha value is -2.31. The summed E-state index contributed by atoms with van der Waals surface area (Å²) in [6.07, 6.45) is 3.04. The summed E-state index contributed by atoms with van der Waals surface area (Å²) in [6.45, 7) is 6.23. The van der Waals surface area contributed by atoms with Crippen molar-refractivity contribution in [3.05, 3.63) is 35.5 Å². The van der Waals surface area contributed by atoms with E-state index in [0.717, 1.165) is 5.69 Å². The van der Waals surface area contributed by atoms with Crippen molar-refractivity contribution in [3.63, 3.8) is 0 Å². The zero-order valence-electron chi connectivity index (χ0n) is 11.1. The van der Waals surface area contributed by atoms with Gasteiger partial charge < -0.3 is 9.42 Å². The van der Waals surface area contributed by atoms with Crippen molar-refractivity contribution < 1.29 is 9.32 Å². The summed E-state index contributed by atoms with van der Waals surface area (Å²) in [5.41, 5.74) is 1.08. The van der Waals surface area contributed by atoms with Gasteiger partial charge in [0.15, 0.2) is 5.82 Å². The van der Waals surface area contributed by atoms with Gasteiger partial charge in [-0.3, -0.25) is 9.78 Å². The van der Waals surface area contributed by atoms with Crippen molar-refractivity contribution in [2.45, 2.75) is 27.3 Å². The van der Waals surface area contributed by atoms with Crippen molar-refractivity contribution in [2.24, 2.45) is 0 Å². The van der Waals surface area contributed by atoms with Crippen LogP contribution in [0, 0.1) is 13.8 Å². The molecule has 2 rings (SSSR count). The molecule has 100 valence electrons. The van der Waals surface area contributed by atoms with Crippen LogP contribution in [0.1, 0.15) is 34.8 Å². The number of aryl methyl sites for hydroxylation is 2. The highest BCUT2D eigenvalue weighted by Crippen LogP contribution is 2.06. The van der Waals surface area contributed by atoms with E-state index in [1.807, 2.05) is 13.8 Å². The van der Waals surface area contributed by atoms with E-state index in [1.54, 1.807) is 18.0 Å². The summed E-state index contributed by atoms with van der Waals surface area (Å²) >= 11 is 0. The van der Waals surface area contributed by atoms with Gasteiger partial charge in [0.05, 0.1) is 18.4 Å². The summed E-state index contributed by atoms with van der Waals surface area (Å²) in [4.78, 5) is 26.0. The van der Waals surface area contributed by atoms with Crippen LogP contribution in [0.3, 0.4) is 0 Å². The molecule has 0 aromatic carbocycles. The van der Waals surface area contributed by atoms with Crippen LogP contribution >= 0.6 is 0 Å². The van der Waals surface area contributed by atoms with Crippen LogP contribution in [0.2, 0.25) is 0 Å². The maximum Gasteiger partial charge on any atom is 0.274 e. The largest absolute Gasteiger partial charge is 0.340 e. The second-order valence-electron chi connectivity index (χ2n) is 4.09. The molecule has 0 fully saturated rings. The van der Waals surface area contributed by atoms with Crippen LogP contribution in [0.5, 0.6) is 0 Å². The van der Waals surface area contributed by atoms with Gasteiger partial charge in [-0.1, -0.05) is 5.16 Å². The molecule has 7 nitrogen and oxygen atoms in total. The molecular formula is C12H15N5O2. The number of hydrogen-bond acceptors (Lipinski definition) is 6. The number of amides is 1. The minimum absolute atomic E-state index is 0.197. The minimum atomic E-state index is -0.197. The molecule has 0 unspecified atom stereocenters. The van der Waals surface area contributed by atoms with Crippen LogP contribution in [0.4, 0.5) is 0 Å². The predicted octanol–water partition coefficient (Wildman–Crippen LogP) is 1.14.